The van der Waals surface area contributed by atoms with Gasteiger partial charge in [0.25, 0.3) is 0 Å². The molecule has 0 aliphatic carbocycles. The minimum absolute atomic E-state index is 0.247. The highest BCUT2D eigenvalue weighted by molar-refractivity contribution is 5.31. The summed E-state index contributed by atoms with van der Waals surface area (Å²) >= 11 is 0. The number of hydrogen-bond acceptors (Lipinski definition) is 1. The Morgan fingerprint density at radius 1 is 1.16 bits per heavy atom. The Morgan fingerprint density at radius 2 is 1.89 bits per heavy atom. The maximum Gasteiger partial charge on any atom is 0.0827 e. The lowest BCUT2D eigenvalue weighted by Crippen LogP contribution is -2.04. The van der Waals surface area contributed by atoms with Crippen LogP contribution >= 0.6 is 0 Å². The van der Waals surface area contributed by atoms with E-state index in [0.717, 1.165) is 12.1 Å². The quantitative estimate of drug-likeness (QED) is 0.884. The Hall–Kier alpha value is -1.54. The maximum absolute atomic E-state index is 10.1. The van der Waals surface area contributed by atoms with Crippen molar-refractivity contribution in [2.24, 2.45) is 5.92 Å². The van der Waals surface area contributed by atoms with Gasteiger partial charge >= 0.3 is 0 Å². The van der Waals surface area contributed by atoms with Crippen LogP contribution in [0.25, 0.3) is 0 Å². The van der Waals surface area contributed by atoms with E-state index in [2.05, 4.69) is 36.6 Å². The lowest BCUT2D eigenvalue weighted by molar-refractivity contribution is 0.127. The normalized spacial score (nSPS) is 12.9. The second-order valence-electron chi connectivity index (χ2n) is 5.74. The van der Waals surface area contributed by atoms with Crippen molar-refractivity contribution in [2.45, 2.75) is 40.3 Å². The van der Waals surface area contributed by atoms with Gasteiger partial charge in [-0.1, -0.05) is 37.6 Å². The van der Waals surface area contributed by atoms with E-state index < -0.39 is 0 Å². The van der Waals surface area contributed by atoms with Gasteiger partial charge in [-0.15, -0.1) is 0 Å². The molecule has 0 saturated heterocycles. The number of nitrogens with zero attached hydrogens (tertiary/aromatic N) is 1. The molecule has 0 fully saturated rings. The molecule has 0 saturated carbocycles. The predicted octanol–water partition coefficient (Wildman–Crippen LogP) is 3.84. The van der Waals surface area contributed by atoms with Crippen LogP contribution in [-0.2, 0) is 6.54 Å². The predicted molar refractivity (Wildman–Crippen MR) is 79.2 cm³/mol. The Morgan fingerprint density at radius 3 is 2.58 bits per heavy atom. The van der Waals surface area contributed by atoms with Crippen LogP contribution in [0.3, 0.4) is 0 Å². The SMILES string of the molecule is Cc1ccc(C)c(Cn2ccc(C(O)C(C)C)c2)c1. The third kappa shape index (κ3) is 3.27. The maximum atomic E-state index is 10.1. The van der Waals surface area contributed by atoms with Crippen LogP contribution in [0.15, 0.2) is 36.7 Å². The fourth-order valence-electron chi connectivity index (χ4n) is 2.28. The van der Waals surface area contributed by atoms with Crippen molar-refractivity contribution in [3.8, 4) is 0 Å². The van der Waals surface area contributed by atoms with Crippen molar-refractivity contribution in [1.29, 1.82) is 0 Å². The zero-order chi connectivity index (χ0) is 14.0. The van der Waals surface area contributed by atoms with E-state index in [-0.39, 0.29) is 12.0 Å². The average molecular weight is 257 g/mol. The van der Waals surface area contributed by atoms with Crippen LogP contribution in [0, 0.1) is 19.8 Å². The highest BCUT2D eigenvalue weighted by Crippen LogP contribution is 2.22. The van der Waals surface area contributed by atoms with Crippen LogP contribution in [-0.4, -0.2) is 9.67 Å². The number of aliphatic hydroxyl groups excluding tert-OH is 1. The Balaban J connectivity index is 2.18. The minimum Gasteiger partial charge on any atom is -0.388 e. The second kappa shape index (κ2) is 5.62. The van der Waals surface area contributed by atoms with E-state index in [1.807, 2.05) is 32.3 Å². The lowest BCUT2D eigenvalue weighted by atomic mass is 10.0. The monoisotopic (exact) mass is 257 g/mol. The van der Waals surface area contributed by atoms with Crippen molar-refractivity contribution in [3.05, 3.63) is 58.9 Å². The van der Waals surface area contributed by atoms with Crippen LogP contribution in [0.4, 0.5) is 0 Å². The van der Waals surface area contributed by atoms with E-state index >= 15 is 0 Å². The van der Waals surface area contributed by atoms with E-state index in [0.29, 0.717) is 0 Å². The van der Waals surface area contributed by atoms with Crippen LogP contribution in [0.1, 0.15) is 42.2 Å². The number of benzene rings is 1. The number of hydrogen-bond donors (Lipinski definition) is 1. The van der Waals surface area contributed by atoms with Crippen molar-refractivity contribution >= 4 is 0 Å². The summed E-state index contributed by atoms with van der Waals surface area (Å²) in [5.74, 6) is 0.247. The summed E-state index contributed by atoms with van der Waals surface area (Å²) in [6.45, 7) is 9.19. The molecule has 2 heteroatoms. The van der Waals surface area contributed by atoms with Crippen molar-refractivity contribution < 1.29 is 5.11 Å². The first-order valence-electron chi connectivity index (χ1n) is 6.87. The molecule has 2 nitrogen and oxygen atoms in total. The summed E-state index contributed by atoms with van der Waals surface area (Å²) < 4.78 is 2.14. The molecule has 0 aliphatic heterocycles. The van der Waals surface area contributed by atoms with Crippen LogP contribution in [0.2, 0.25) is 0 Å². The van der Waals surface area contributed by atoms with Gasteiger partial charge in [0, 0.05) is 18.9 Å². The van der Waals surface area contributed by atoms with Crippen molar-refractivity contribution in [3.63, 3.8) is 0 Å². The summed E-state index contributed by atoms with van der Waals surface area (Å²) in [6, 6.07) is 8.55. The standard InChI is InChI=1S/C17H23NO/c1-12(2)17(19)15-7-8-18(10-15)11-16-9-13(3)5-6-14(16)4/h5-10,12,17,19H,11H2,1-4H3. The molecule has 1 unspecified atom stereocenters. The van der Waals surface area contributed by atoms with Gasteiger partial charge in [0.2, 0.25) is 0 Å². The van der Waals surface area contributed by atoms with Gasteiger partial charge in [-0.25, -0.2) is 0 Å². The molecule has 2 aromatic rings. The minimum atomic E-state index is -0.375. The molecule has 1 N–H and O–H groups in total. The van der Waals surface area contributed by atoms with Gasteiger partial charge in [-0.05, 0) is 42.5 Å². The number of aromatic nitrogens is 1. The highest BCUT2D eigenvalue weighted by atomic mass is 16.3. The Kier molecular flexibility index (Phi) is 4.11. The molecule has 0 spiro atoms. The summed E-state index contributed by atoms with van der Waals surface area (Å²) in [5, 5.41) is 10.1. The Labute approximate surface area is 115 Å². The third-order valence-corrected chi connectivity index (χ3v) is 3.60. The zero-order valence-corrected chi connectivity index (χ0v) is 12.2. The molecule has 0 aliphatic rings. The van der Waals surface area contributed by atoms with Gasteiger partial charge < -0.3 is 9.67 Å². The van der Waals surface area contributed by atoms with E-state index in [4.69, 9.17) is 0 Å². The molecular weight excluding hydrogens is 234 g/mol. The molecule has 1 atom stereocenters. The van der Waals surface area contributed by atoms with Crippen molar-refractivity contribution in [1.82, 2.24) is 4.57 Å². The average Bonchev–Trinajstić information content (AvgIpc) is 2.81. The number of rotatable bonds is 4. The molecule has 0 radical (unpaired) electrons. The molecule has 0 amide bonds. The van der Waals surface area contributed by atoms with Gasteiger partial charge in [-0.2, -0.15) is 0 Å². The summed E-state index contributed by atoms with van der Waals surface area (Å²) in [7, 11) is 0. The Bertz CT molecular complexity index is 554. The van der Waals surface area contributed by atoms with Gasteiger partial charge in [0.1, 0.15) is 0 Å². The molecule has 2 rings (SSSR count). The first-order chi connectivity index (χ1) is 8.97. The van der Waals surface area contributed by atoms with E-state index in [1.165, 1.54) is 16.7 Å². The largest absolute Gasteiger partial charge is 0.388 e. The van der Waals surface area contributed by atoms with Gasteiger partial charge in [0.05, 0.1) is 6.10 Å². The van der Waals surface area contributed by atoms with Gasteiger partial charge in [-0.3, -0.25) is 0 Å². The smallest absolute Gasteiger partial charge is 0.0827 e. The number of aliphatic hydroxyl groups is 1. The molecular formula is C17H23NO. The lowest BCUT2D eigenvalue weighted by Gasteiger charge is -2.12. The van der Waals surface area contributed by atoms with E-state index in [1.54, 1.807) is 0 Å². The van der Waals surface area contributed by atoms with Crippen LogP contribution in [0.5, 0.6) is 0 Å². The van der Waals surface area contributed by atoms with E-state index in [9.17, 15) is 5.11 Å². The zero-order valence-electron chi connectivity index (χ0n) is 12.2. The molecule has 102 valence electrons. The fourth-order valence-corrected chi connectivity index (χ4v) is 2.28. The second-order valence-corrected chi connectivity index (χ2v) is 5.74. The topological polar surface area (TPSA) is 25.2 Å². The molecule has 1 heterocycles. The molecule has 1 aromatic carbocycles. The van der Waals surface area contributed by atoms with Gasteiger partial charge in [0.15, 0.2) is 0 Å². The van der Waals surface area contributed by atoms with Crippen molar-refractivity contribution in [2.75, 3.05) is 0 Å². The first-order valence-corrected chi connectivity index (χ1v) is 6.87. The number of aryl methyl sites for hydroxylation is 2. The summed E-state index contributed by atoms with van der Waals surface area (Å²) in [6.07, 6.45) is 3.72. The summed E-state index contributed by atoms with van der Waals surface area (Å²) in [4.78, 5) is 0. The summed E-state index contributed by atoms with van der Waals surface area (Å²) in [5.41, 5.74) is 4.93. The molecule has 19 heavy (non-hydrogen) atoms. The molecule has 0 bridgehead atoms. The molecule has 1 aromatic heterocycles. The fraction of sp³-hybridized carbons (Fsp3) is 0.412. The first kappa shape index (κ1) is 13.9. The highest BCUT2D eigenvalue weighted by Gasteiger charge is 2.13. The van der Waals surface area contributed by atoms with Crippen LogP contribution < -0.4 is 0 Å². The third-order valence-electron chi connectivity index (χ3n) is 3.60.